The van der Waals surface area contributed by atoms with Gasteiger partial charge in [0, 0.05) is 79.6 Å². The quantitative estimate of drug-likeness (QED) is 0.102. The van der Waals surface area contributed by atoms with Gasteiger partial charge in [-0.1, -0.05) is 6.07 Å². The SMILES string of the molecule is COc1cc(-c2cn(C)c(=O)c3cnccc23)cc(OC)c1CN(C)C12CC(C(=O)NCCCCCNc3cccc4c3C(O)N(C3CCC(=O)NC3=O)C4=O)(C1)C2. The molecule has 2 unspecified atom stereocenters. The number of anilines is 1. The van der Waals surface area contributed by atoms with Gasteiger partial charge in [-0.2, -0.15) is 0 Å². The minimum Gasteiger partial charge on any atom is -0.496 e. The van der Waals surface area contributed by atoms with Crippen LogP contribution in [0.2, 0.25) is 0 Å². The number of amides is 4. The van der Waals surface area contributed by atoms with Gasteiger partial charge in [-0.05, 0) is 93.3 Å². The Kier molecular flexibility index (Phi) is 10.2. The van der Waals surface area contributed by atoms with Gasteiger partial charge < -0.3 is 29.8 Å². The monoisotopic (exact) mass is 791 g/mol. The fraction of sp³-hybridized carbons (Fsp3) is 0.442. The number of aromatic nitrogens is 2. The van der Waals surface area contributed by atoms with E-state index in [4.69, 9.17) is 9.47 Å². The summed E-state index contributed by atoms with van der Waals surface area (Å²) >= 11 is 0. The highest BCUT2D eigenvalue weighted by Crippen LogP contribution is 2.70. The second-order valence-electron chi connectivity index (χ2n) is 16.2. The van der Waals surface area contributed by atoms with Crippen LogP contribution in [-0.4, -0.2) is 94.0 Å². The first-order chi connectivity index (χ1) is 27.9. The Bertz CT molecular complexity index is 2350. The summed E-state index contributed by atoms with van der Waals surface area (Å²) in [7, 11) is 7.11. The summed E-state index contributed by atoms with van der Waals surface area (Å²) in [6, 6.07) is 10.1. The number of aliphatic hydroxyl groups is 1. The number of benzene rings is 2. The number of hydrogen-bond acceptors (Lipinski definition) is 11. The highest BCUT2D eigenvalue weighted by atomic mass is 16.5. The number of rotatable bonds is 15. The van der Waals surface area contributed by atoms with Crippen LogP contribution in [0.1, 0.15) is 79.1 Å². The van der Waals surface area contributed by atoms with Crippen LogP contribution in [-0.2, 0) is 28.0 Å². The zero-order valence-electron chi connectivity index (χ0n) is 33.2. The maximum atomic E-state index is 13.3. The highest BCUT2D eigenvalue weighted by molar-refractivity contribution is 6.06. The molecule has 58 heavy (non-hydrogen) atoms. The van der Waals surface area contributed by atoms with Crippen molar-refractivity contribution in [1.82, 2.24) is 30.0 Å². The van der Waals surface area contributed by atoms with Crippen molar-refractivity contribution in [3.8, 4) is 22.6 Å². The third-order valence-electron chi connectivity index (χ3n) is 12.7. The van der Waals surface area contributed by atoms with E-state index in [2.05, 4.69) is 32.9 Å². The minimum absolute atomic E-state index is 0.0622. The number of imide groups is 1. The van der Waals surface area contributed by atoms with Crippen molar-refractivity contribution in [2.24, 2.45) is 12.5 Å². The van der Waals surface area contributed by atoms with E-state index >= 15 is 0 Å². The molecule has 2 bridgehead atoms. The standard InChI is InChI=1S/C43H49N7O8/c1-48-20-29(26-13-16-44-19-28(26)38(48)53)25-17-33(57-3)30(34(18-25)58-4)21-49(2)43-22-42(23-43,24-43)41(56)46-15-7-5-6-14-45-31-10-8-9-27-36(31)40(55)50(39(27)54)32-11-12-35(51)47-37(32)52/h8-10,13,16-20,32,40,45,55H,5-7,11-12,14-15,21-24H2,1-4H3,(H,46,56)(H,47,51,52). The number of unbranched alkanes of at least 4 members (excludes halogenated alkanes) is 2. The zero-order valence-corrected chi connectivity index (χ0v) is 33.2. The van der Waals surface area contributed by atoms with Gasteiger partial charge in [-0.25, -0.2) is 0 Å². The second kappa shape index (κ2) is 15.2. The largest absolute Gasteiger partial charge is 0.496 e. The molecule has 2 aliphatic heterocycles. The fourth-order valence-corrected chi connectivity index (χ4v) is 9.49. The summed E-state index contributed by atoms with van der Waals surface area (Å²) in [6.07, 6.45) is 8.95. The molecule has 1 saturated heterocycles. The Balaban J connectivity index is 0.807. The number of pyridine rings is 2. The van der Waals surface area contributed by atoms with E-state index in [1.807, 2.05) is 24.4 Å². The van der Waals surface area contributed by atoms with Crippen molar-refractivity contribution in [2.75, 3.05) is 39.7 Å². The Morgan fingerprint density at radius 3 is 2.43 bits per heavy atom. The average molecular weight is 792 g/mol. The van der Waals surface area contributed by atoms with Crippen LogP contribution < -0.4 is 31.0 Å². The van der Waals surface area contributed by atoms with Crippen LogP contribution in [0.5, 0.6) is 11.5 Å². The smallest absolute Gasteiger partial charge is 0.259 e. The molecule has 4 fully saturated rings. The van der Waals surface area contributed by atoms with Crippen LogP contribution in [0.15, 0.2) is 59.8 Å². The zero-order chi connectivity index (χ0) is 40.9. The lowest BCUT2D eigenvalue weighted by Crippen LogP contribution is -2.77. The number of ether oxygens (including phenoxy) is 2. The third kappa shape index (κ3) is 6.55. The number of piperidine rings is 1. The molecule has 2 atom stereocenters. The average Bonchev–Trinajstić information content (AvgIpc) is 3.43. The summed E-state index contributed by atoms with van der Waals surface area (Å²) in [6.45, 7) is 1.76. The van der Waals surface area contributed by atoms with Crippen LogP contribution in [0.25, 0.3) is 21.9 Å². The third-order valence-corrected chi connectivity index (χ3v) is 12.7. The number of carbonyl (C=O) groups is 4. The fourth-order valence-electron chi connectivity index (χ4n) is 9.49. The van der Waals surface area contributed by atoms with Crippen molar-refractivity contribution in [3.63, 3.8) is 0 Å². The molecular formula is C43H49N7O8. The first kappa shape index (κ1) is 39.0. The molecule has 2 aromatic heterocycles. The molecule has 0 spiro atoms. The summed E-state index contributed by atoms with van der Waals surface area (Å²) in [4.78, 5) is 71.0. The lowest BCUT2D eigenvalue weighted by Gasteiger charge is -2.72. The molecule has 4 amide bonds. The lowest BCUT2D eigenvalue weighted by atomic mass is 9.38. The molecule has 3 saturated carbocycles. The van der Waals surface area contributed by atoms with Gasteiger partial charge in [0.25, 0.3) is 11.5 Å². The molecular weight excluding hydrogens is 743 g/mol. The number of aliphatic hydroxyl groups excluding tert-OH is 1. The van der Waals surface area contributed by atoms with Gasteiger partial charge in [0.1, 0.15) is 17.5 Å². The van der Waals surface area contributed by atoms with Crippen molar-refractivity contribution >= 4 is 40.1 Å². The number of nitrogens with one attached hydrogen (secondary N) is 3. The number of methoxy groups -OCH3 is 2. The molecule has 5 aliphatic rings. The molecule has 4 aromatic rings. The maximum absolute atomic E-state index is 13.3. The number of fused-ring (bicyclic) bond motifs is 2. The van der Waals surface area contributed by atoms with E-state index in [-0.39, 0.29) is 41.2 Å². The van der Waals surface area contributed by atoms with E-state index in [1.165, 1.54) is 0 Å². The van der Waals surface area contributed by atoms with Gasteiger partial charge >= 0.3 is 0 Å². The minimum atomic E-state index is -1.29. The molecule has 4 N–H and O–H groups in total. The van der Waals surface area contributed by atoms with Crippen LogP contribution in [0.4, 0.5) is 5.69 Å². The molecule has 4 heterocycles. The van der Waals surface area contributed by atoms with E-state index in [0.29, 0.717) is 53.3 Å². The molecule has 15 heteroatoms. The first-order valence-electron chi connectivity index (χ1n) is 19.8. The topological polar surface area (TPSA) is 184 Å². The van der Waals surface area contributed by atoms with Crippen LogP contribution in [0, 0.1) is 5.41 Å². The second-order valence-corrected chi connectivity index (χ2v) is 16.2. The summed E-state index contributed by atoms with van der Waals surface area (Å²) in [5, 5.41) is 21.2. The van der Waals surface area contributed by atoms with Gasteiger partial charge in [0.05, 0.1) is 30.6 Å². The van der Waals surface area contributed by atoms with Gasteiger partial charge in [-0.15, -0.1) is 0 Å². The lowest BCUT2D eigenvalue weighted by molar-refractivity contribution is -0.215. The van der Waals surface area contributed by atoms with Crippen molar-refractivity contribution in [3.05, 3.63) is 82.0 Å². The molecule has 3 aliphatic carbocycles. The number of hydrogen-bond donors (Lipinski definition) is 4. The number of nitrogens with zero attached hydrogens (tertiary/aromatic N) is 4. The molecule has 0 radical (unpaired) electrons. The maximum Gasteiger partial charge on any atom is 0.259 e. The predicted molar refractivity (Wildman–Crippen MR) is 215 cm³/mol. The van der Waals surface area contributed by atoms with E-state index < -0.39 is 24.1 Å². The highest BCUT2D eigenvalue weighted by Gasteiger charge is 2.72. The summed E-state index contributed by atoms with van der Waals surface area (Å²) in [5.74, 6) is 0.0827. The normalized spacial score (nSPS) is 23.3. The van der Waals surface area contributed by atoms with Gasteiger partial charge in [0.15, 0.2) is 6.23 Å². The molecule has 304 valence electrons. The number of aryl methyl sites for hydroxylation is 1. The van der Waals surface area contributed by atoms with Crippen molar-refractivity contribution in [2.45, 2.75) is 75.7 Å². The van der Waals surface area contributed by atoms with E-state index in [0.717, 1.165) is 65.5 Å². The van der Waals surface area contributed by atoms with Crippen molar-refractivity contribution < 1.29 is 33.8 Å². The van der Waals surface area contributed by atoms with Gasteiger partial charge in [-0.3, -0.25) is 44.1 Å². The summed E-state index contributed by atoms with van der Waals surface area (Å²) < 4.78 is 13.4. The Morgan fingerprint density at radius 2 is 1.72 bits per heavy atom. The van der Waals surface area contributed by atoms with Gasteiger partial charge in [0.2, 0.25) is 17.7 Å². The van der Waals surface area contributed by atoms with Crippen LogP contribution in [0.3, 0.4) is 0 Å². The Hall–Kier alpha value is -5.80. The molecule has 9 rings (SSSR count). The Labute approximate surface area is 335 Å². The molecule has 2 aromatic carbocycles. The predicted octanol–water partition coefficient (Wildman–Crippen LogP) is 3.62. The first-order valence-corrected chi connectivity index (χ1v) is 19.8. The molecule has 15 nitrogen and oxygen atoms in total. The van der Waals surface area contributed by atoms with Crippen molar-refractivity contribution in [1.29, 1.82) is 0 Å². The van der Waals surface area contributed by atoms with Crippen LogP contribution >= 0.6 is 0 Å². The van der Waals surface area contributed by atoms with E-state index in [9.17, 15) is 29.1 Å². The number of carbonyl (C=O) groups excluding carboxylic acids is 4. The van der Waals surface area contributed by atoms with E-state index in [1.54, 1.807) is 56.4 Å². The Morgan fingerprint density at radius 1 is 1.00 bits per heavy atom. The summed E-state index contributed by atoms with van der Waals surface area (Å²) in [5.41, 5.74) is 3.55.